The molecule has 4 amide bonds. The lowest BCUT2D eigenvalue weighted by molar-refractivity contribution is -0.395. The molecule has 7 rings (SSSR count). The molecule has 0 bridgehead atoms. The fourth-order valence-corrected chi connectivity index (χ4v) is 19.4. The van der Waals surface area contributed by atoms with Gasteiger partial charge in [0.05, 0.1) is 89.3 Å². The van der Waals surface area contributed by atoms with Crippen LogP contribution < -0.4 is 21.3 Å². The molecular weight excluding hydrogens is 1940 g/mol. The maximum absolute atomic E-state index is 13.7. The third kappa shape index (κ3) is 38.2. The fourth-order valence-electron chi connectivity index (χ4n) is 19.4. The van der Waals surface area contributed by atoms with Crippen molar-refractivity contribution in [1.82, 2.24) is 21.3 Å². The van der Waals surface area contributed by atoms with Gasteiger partial charge in [-0.3, -0.25) is 19.2 Å². The van der Waals surface area contributed by atoms with Crippen molar-refractivity contribution in [3.63, 3.8) is 0 Å². The molecule has 48 heteroatoms. The third-order valence-corrected chi connectivity index (χ3v) is 27.8. The first-order chi connectivity index (χ1) is 69.8. The molecule has 39 atom stereocenters. The van der Waals surface area contributed by atoms with Gasteiger partial charge in [0.15, 0.2) is 31.5 Å². The summed E-state index contributed by atoms with van der Waals surface area (Å²) in [6, 6.07) is -6.92. The summed E-state index contributed by atoms with van der Waals surface area (Å²) in [6.07, 6.45) is -29.7. The quantitative estimate of drug-likeness (QED) is 0.0211. The standard InChI is InChI=1S/C98H172N4O44/c1-6-8-10-12-14-16-18-20-21-22-23-24-25-26-27-28-29-31-33-35-37-39-41-43-68(117)102-57(58(112)42-40-38-36-34-32-30-19-17-15-13-11-9-7-2)52-133-91-79(125)77(123)83(65(50-107)137-91)140-92-80(126)78(124)84(66(51-108)138-92)141-93-81(127)88(75(121)64(49-106)136-93)143-90-71(101-56(5)111)85(74(120)63(48-105)135-90)142-94-82(128)89(146-98(96(131)132)45-60(114)70(100-55(4)110)87(145-98)73(119)62(116)47-104)76(122)67(139-94)53-134-97(95(129)130)44-59(113)69(99-54(3)109)86(144-97)72(118)61(115)46-103/h20-21,40,42,57-67,69-94,103-108,112-116,118-128H,6-19,22-39,41,43-53H2,1-5H3,(H,99,109)(H,100,110)(H,101,111)(H,102,117)(H,129,130)(H,131,132)/b21-20-,42-40+/t57-,58+,59?,60?,61+,62+,63?,64?,65?,66?,67?,69+,70+,71?,72+,73+,74-,75-,76-,77+,78+,79?,80?,81?,82?,83+,84-,85+,86?,87?,88-,89-,90-,91+,92-,93-,94-,97+,98-/m0/s1. The minimum absolute atomic E-state index is 0.136. The first-order valence-electron chi connectivity index (χ1n) is 52.4. The number of allylic oxidation sites excluding steroid dienone is 3. The highest BCUT2D eigenvalue weighted by molar-refractivity contribution is 5.78. The third-order valence-electron chi connectivity index (χ3n) is 27.8. The lowest BCUT2D eigenvalue weighted by Gasteiger charge is -2.52. The minimum atomic E-state index is -3.51. The SMILES string of the molecule is CCCCCCCC/C=C\CCCCCCCCCCCCCCCC(=O)N[C@@H](CO[C@@H]1OC(CO)[C@@H](O[C@@H]2OC(CO)[C@H](O[C@@H]3OC(CO)[C@H](O)[C@H](O[C@@H]4OC(CO)[C@H](O)[C@H](O[C@@H]5OC(CO[C@]6(C(=O)O)CC(O)[C@@H](NC(C)=O)C([C@H](O)[C@H](O)CO)O6)[C@H](O)[C@H](O[C@]6(C(=O)O)CC(O)[C@@H](NC(C)=O)C([C@H](O)[C@H](O)CO)O6)C5O)C4NC(C)=O)C3O)[C@H](O)C2O)[C@H](O)C1O)[C@H](O)/C=C/CCCCCCCCCCCCC. The molecule has 28 N–H and O–H groups in total. The van der Waals surface area contributed by atoms with Crippen LogP contribution in [0.3, 0.4) is 0 Å². The number of rotatable bonds is 69. The van der Waals surface area contributed by atoms with Crippen LogP contribution in [0, 0.1) is 0 Å². The number of hydrogen-bond acceptors (Lipinski definition) is 42. The summed E-state index contributed by atoms with van der Waals surface area (Å²) in [5.74, 6) is -14.5. The van der Waals surface area contributed by atoms with E-state index in [1.54, 1.807) is 6.08 Å². The minimum Gasteiger partial charge on any atom is -0.477 e. The number of nitrogens with one attached hydrogen (secondary N) is 4. The highest BCUT2D eigenvalue weighted by Crippen LogP contribution is 2.43. The van der Waals surface area contributed by atoms with Crippen LogP contribution in [0.5, 0.6) is 0 Å². The number of aliphatic carboxylic acids is 2. The number of aliphatic hydroxyl groups excluding tert-OH is 22. The lowest BCUT2D eigenvalue weighted by atomic mass is 9.88. The van der Waals surface area contributed by atoms with E-state index >= 15 is 0 Å². The van der Waals surface area contributed by atoms with Crippen LogP contribution in [0.25, 0.3) is 0 Å². The first-order valence-corrected chi connectivity index (χ1v) is 52.4. The number of unbranched alkanes of at least 4 members (excludes halogenated alkanes) is 30. The molecule has 0 spiro atoms. The van der Waals surface area contributed by atoms with E-state index in [9.17, 15) is 151 Å². The Kier molecular flexibility index (Phi) is 57.9. The molecule has 0 saturated carbocycles. The average Bonchev–Trinajstić information content (AvgIpc) is 0.744. The Bertz CT molecular complexity index is 3740. The summed E-state index contributed by atoms with van der Waals surface area (Å²) in [4.78, 5) is 79.2. The van der Waals surface area contributed by atoms with E-state index in [4.69, 9.17) is 66.3 Å². The Morgan fingerprint density at radius 2 is 0.712 bits per heavy atom. The number of carboxylic acids is 2. The number of carbonyl (C=O) groups excluding carboxylic acids is 4. The summed E-state index contributed by atoms with van der Waals surface area (Å²) >= 11 is 0. The van der Waals surface area contributed by atoms with Gasteiger partial charge in [0.1, 0.15) is 159 Å². The summed E-state index contributed by atoms with van der Waals surface area (Å²) < 4.78 is 83.2. The predicted octanol–water partition coefficient (Wildman–Crippen LogP) is -3.15. The summed E-state index contributed by atoms with van der Waals surface area (Å²) in [7, 11) is 0. The van der Waals surface area contributed by atoms with E-state index in [1.807, 2.05) is 6.08 Å². The molecule has 0 aromatic carbocycles. The van der Waals surface area contributed by atoms with E-state index in [0.717, 1.165) is 85.0 Å². The Hall–Kier alpha value is -5.14. The Morgan fingerprint density at radius 1 is 0.370 bits per heavy atom. The smallest absolute Gasteiger partial charge is 0.364 e. The van der Waals surface area contributed by atoms with E-state index in [-0.39, 0.29) is 12.3 Å². The van der Waals surface area contributed by atoms with Gasteiger partial charge in [0.25, 0.3) is 11.6 Å². The number of ether oxygens (including phenoxy) is 14. The van der Waals surface area contributed by atoms with E-state index in [0.29, 0.717) is 12.8 Å². The van der Waals surface area contributed by atoms with Gasteiger partial charge in [-0.2, -0.15) is 0 Å². The zero-order chi connectivity index (χ0) is 107. The maximum Gasteiger partial charge on any atom is 0.364 e. The average molecular weight is 2110 g/mol. The van der Waals surface area contributed by atoms with Gasteiger partial charge in [-0.05, 0) is 44.9 Å². The molecule has 848 valence electrons. The number of carbonyl (C=O) groups is 6. The van der Waals surface area contributed by atoms with Crippen molar-refractivity contribution >= 4 is 35.6 Å². The van der Waals surface area contributed by atoms with Gasteiger partial charge >= 0.3 is 11.9 Å². The van der Waals surface area contributed by atoms with Crippen LogP contribution in [0.2, 0.25) is 0 Å². The van der Waals surface area contributed by atoms with Gasteiger partial charge in [0.2, 0.25) is 23.6 Å². The van der Waals surface area contributed by atoms with Gasteiger partial charge in [-0.25, -0.2) is 9.59 Å². The molecule has 14 unspecified atom stereocenters. The molecule has 0 aromatic rings. The molecule has 7 heterocycles. The monoisotopic (exact) mass is 2110 g/mol. The zero-order valence-electron chi connectivity index (χ0n) is 84.7. The highest BCUT2D eigenvalue weighted by atomic mass is 16.8. The molecular formula is C98H172N4O44. The van der Waals surface area contributed by atoms with Gasteiger partial charge in [-0.15, -0.1) is 0 Å². The summed E-state index contributed by atoms with van der Waals surface area (Å²) in [5, 5.41) is 282. The summed E-state index contributed by atoms with van der Waals surface area (Å²) in [6.45, 7) is -1.90. The number of aliphatic hydroxyl groups is 22. The van der Waals surface area contributed by atoms with Crippen molar-refractivity contribution in [3.8, 4) is 0 Å². The first kappa shape index (κ1) is 128. The molecule has 0 aromatic heterocycles. The normalized spacial score (nSPS) is 35.3. The van der Waals surface area contributed by atoms with Crippen LogP contribution in [-0.2, 0) is 95.1 Å². The number of carboxylic acid groups (broad SMARTS) is 2. The van der Waals surface area contributed by atoms with Crippen LogP contribution in [0.4, 0.5) is 0 Å². The molecule has 146 heavy (non-hydrogen) atoms. The Morgan fingerprint density at radius 3 is 1.14 bits per heavy atom. The molecule has 7 fully saturated rings. The van der Waals surface area contributed by atoms with E-state index in [2.05, 4.69) is 47.3 Å². The second-order valence-electron chi connectivity index (χ2n) is 39.6. The van der Waals surface area contributed by atoms with Crippen molar-refractivity contribution in [2.45, 2.75) is 504 Å². The Balaban J connectivity index is 1.04. The van der Waals surface area contributed by atoms with Crippen molar-refractivity contribution in [2.75, 3.05) is 52.9 Å². The van der Waals surface area contributed by atoms with Gasteiger partial charge in [-0.1, -0.05) is 205 Å². The van der Waals surface area contributed by atoms with Crippen molar-refractivity contribution in [3.05, 3.63) is 24.3 Å². The van der Waals surface area contributed by atoms with Crippen LogP contribution >= 0.6 is 0 Å². The van der Waals surface area contributed by atoms with Crippen LogP contribution in [0.1, 0.15) is 266 Å². The number of hydrogen-bond donors (Lipinski definition) is 28. The molecule has 0 aliphatic carbocycles. The lowest BCUT2D eigenvalue weighted by Crippen LogP contribution is -2.72. The molecule has 7 aliphatic rings. The highest BCUT2D eigenvalue weighted by Gasteiger charge is 2.64. The maximum atomic E-state index is 13.7. The van der Waals surface area contributed by atoms with Crippen LogP contribution in [0.15, 0.2) is 24.3 Å². The molecule has 7 saturated heterocycles. The van der Waals surface area contributed by atoms with Gasteiger partial charge in [0, 0.05) is 40.0 Å². The summed E-state index contributed by atoms with van der Waals surface area (Å²) in [5.41, 5.74) is 0. The number of amides is 4. The van der Waals surface area contributed by atoms with E-state index < -0.39 is 333 Å². The largest absolute Gasteiger partial charge is 0.477 e. The second kappa shape index (κ2) is 66.2. The van der Waals surface area contributed by atoms with Crippen LogP contribution in [-0.4, -0.2) is 449 Å². The second-order valence-corrected chi connectivity index (χ2v) is 39.6. The fraction of sp³-hybridized carbons (Fsp3) is 0.898. The van der Waals surface area contributed by atoms with E-state index in [1.165, 1.54) is 135 Å². The Labute approximate surface area is 852 Å². The molecule has 7 aliphatic heterocycles. The molecule has 0 radical (unpaired) electrons. The van der Waals surface area contributed by atoms with Crippen molar-refractivity contribution < 1.29 is 218 Å². The molecule has 48 nitrogen and oxygen atoms in total. The predicted molar refractivity (Wildman–Crippen MR) is 509 cm³/mol. The zero-order valence-corrected chi connectivity index (χ0v) is 84.7. The van der Waals surface area contributed by atoms with Crippen molar-refractivity contribution in [1.29, 1.82) is 0 Å². The van der Waals surface area contributed by atoms with Crippen molar-refractivity contribution in [2.24, 2.45) is 0 Å². The topological polar surface area (TPSA) is 765 Å². The van der Waals surface area contributed by atoms with Gasteiger partial charge < -0.3 is 210 Å².